The summed E-state index contributed by atoms with van der Waals surface area (Å²) in [4.78, 5) is 4.17. The van der Waals surface area contributed by atoms with Gasteiger partial charge in [-0.05, 0) is 13.8 Å². The number of thiazole rings is 1. The van der Waals surface area contributed by atoms with Gasteiger partial charge in [0.2, 0.25) is 0 Å². The van der Waals surface area contributed by atoms with Gasteiger partial charge in [-0.3, -0.25) is 0 Å². The van der Waals surface area contributed by atoms with E-state index in [9.17, 15) is 0 Å². The minimum Gasteiger partial charge on any atom is -0.348 e. The van der Waals surface area contributed by atoms with Crippen LogP contribution in [0.2, 0.25) is 0 Å². The van der Waals surface area contributed by atoms with Gasteiger partial charge in [0.1, 0.15) is 11.1 Å². The third-order valence-electron chi connectivity index (χ3n) is 2.17. The largest absolute Gasteiger partial charge is 0.348 e. The third-order valence-corrected chi connectivity index (χ3v) is 3.04. The van der Waals surface area contributed by atoms with Crippen molar-refractivity contribution in [1.82, 2.24) is 4.98 Å². The SMILES string of the molecule is CC1(C)OCC(C(N)c2nccs2)O1. The van der Waals surface area contributed by atoms with Gasteiger partial charge in [0.05, 0.1) is 12.6 Å². The van der Waals surface area contributed by atoms with Crippen LogP contribution >= 0.6 is 11.3 Å². The molecule has 14 heavy (non-hydrogen) atoms. The van der Waals surface area contributed by atoms with Gasteiger partial charge in [0.25, 0.3) is 0 Å². The van der Waals surface area contributed by atoms with E-state index >= 15 is 0 Å². The van der Waals surface area contributed by atoms with E-state index in [2.05, 4.69) is 4.98 Å². The highest BCUT2D eigenvalue weighted by molar-refractivity contribution is 7.09. The van der Waals surface area contributed by atoms with E-state index in [1.54, 1.807) is 17.5 Å². The van der Waals surface area contributed by atoms with Gasteiger partial charge in [-0.2, -0.15) is 0 Å². The van der Waals surface area contributed by atoms with E-state index in [0.29, 0.717) is 6.61 Å². The van der Waals surface area contributed by atoms with Gasteiger partial charge in [0, 0.05) is 11.6 Å². The lowest BCUT2D eigenvalue weighted by molar-refractivity contribution is -0.140. The van der Waals surface area contributed by atoms with Gasteiger partial charge in [-0.15, -0.1) is 11.3 Å². The van der Waals surface area contributed by atoms with Crippen molar-refractivity contribution in [3.05, 3.63) is 16.6 Å². The minimum atomic E-state index is -0.514. The van der Waals surface area contributed by atoms with E-state index in [4.69, 9.17) is 15.2 Å². The maximum Gasteiger partial charge on any atom is 0.163 e. The summed E-state index contributed by atoms with van der Waals surface area (Å²) in [5.41, 5.74) is 6.01. The molecule has 78 valence electrons. The van der Waals surface area contributed by atoms with Crippen LogP contribution in [0.5, 0.6) is 0 Å². The lowest BCUT2D eigenvalue weighted by Crippen LogP contribution is -2.30. The Balaban J connectivity index is 2.04. The number of ether oxygens (including phenoxy) is 2. The van der Waals surface area contributed by atoms with E-state index in [1.165, 1.54) is 0 Å². The molecule has 1 aliphatic rings. The van der Waals surface area contributed by atoms with Crippen LogP contribution in [0.15, 0.2) is 11.6 Å². The molecule has 1 fully saturated rings. The second kappa shape index (κ2) is 3.58. The van der Waals surface area contributed by atoms with Crippen molar-refractivity contribution in [2.24, 2.45) is 5.73 Å². The van der Waals surface area contributed by atoms with Gasteiger partial charge in [-0.1, -0.05) is 0 Å². The molecule has 4 nitrogen and oxygen atoms in total. The Kier molecular flexibility index (Phi) is 2.57. The van der Waals surface area contributed by atoms with Crippen LogP contribution in [-0.4, -0.2) is 23.5 Å². The molecule has 0 saturated carbocycles. The second-order valence-corrected chi connectivity index (χ2v) is 4.69. The number of nitrogens with zero attached hydrogens (tertiary/aromatic N) is 1. The second-order valence-electron chi connectivity index (χ2n) is 3.76. The summed E-state index contributed by atoms with van der Waals surface area (Å²) in [5, 5.41) is 2.81. The van der Waals surface area contributed by atoms with Crippen LogP contribution in [0.4, 0.5) is 0 Å². The van der Waals surface area contributed by atoms with Crippen LogP contribution < -0.4 is 5.73 Å². The first-order chi connectivity index (χ1) is 6.58. The highest BCUT2D eigenvalue weighted by Crippen LogP contribution is 2.29. The van der Waals surface area contributed by atoms with Crippen molar-refractivity contribution in [2.75, 3.05) is 6.61 Å². The normalized spacial score (nSPS) is 27.8. The lowest BCUT2D eigenvalue weighted by atomic mass is 10.2. The molecule has 5 heteroatoms. The fourth-order valence-electron chi connectivity index (χ4n) is 1.45. The molecule has 0 amide bonds. The third kappa shape index (κ3) is 1.95. The average Bonchev–Trinajstić information content (AvgIpc) is 2.72. The predicted octanol–water partition coefficient (Wildman–Crippen LogP) is 1.29. The van der Waals surface area contributed by atoms with Crippen LogP contribution in [-0.2, 0) is 9.47 Å². The minimum absolute atomic E-state index is 0.0869. The van der Waals surface area contributed by atoms with E-state index in [0.717, 1.165) is 5.01 Å². The van der Waals surface area contributed by atoms with Crippen molar-refractivity contribution in [2.45, 2.75) is 31.8 Å². The lowest BCUT2D eigenvalue weighted by Gasteiger charge is -2.19. The van der Waals surface area contributed by atoms with E-state index in [1.807, 2.05) is 19.2 Å². The predicted molar refractivity (Wildman–Crippen MR) is 53.9 cm³/mol. The Labute approximate surface area is 87.0 Å². The van der Waals surface area contributed by atoms with Gasteiger partial charge >= 0.3 is 0 Å². The zero-order valence-corrected chi connectivity index (χ0v) is 9.08. The Hall–Kier alpha value is -0.490. The van der Waals surface area contributed by atoms with Crippen LogP contribution in [0.25, 0.3) is 0 Å². The fraction of sp³-hybridized carbons (Fsp3) is 0.667. The van der Waals surface area contributed by atoms with Crippen molar-refractivity contribution < 1.29 is 9.47 Å². The molecule has 2 heterocycles. The number of hydrogen-bond acceptors (Lipinski definition) is 5. The van der Waals surface area contributed by atoms with Crippen LogP contribution in [0.3, 0.4) is 0 Å². The number of rotatable bonds is 2. The summed E-state index contributed by atoms with van der Waals surface area (Å²) in [7, 11) is 0. The number of hydrogen-bond donors (Lipinski definition) is 1. The molecule has 2 atom stereocenters. The molecular weight excluding hydrogens is 200 g/mol. The molecule has 1 aliphatic heterocycles. The topological polar surface area (TPSA) is 57.4 Å². The van der Waals surface area contributed by atoms with E-state index in [-0.39, 0.29) is 12.1 Å². The van der Waals surface area contributed by atoms with E-state index < -0.39 is 5.79 Å². The fourth-order valence-corrected chi connectivity index (χ4v) is 2.14. The maximum absolute atomic E-state index is 6.01. The Bertz CT molecular complexity index is 300. The molecule has 0 radical (unpaired) electrons. The molecule has 0 bridgehead atoms. The highest BCUT2D eigenvalue weighted by atomic mass is 32.1. The number of aromatic nitrogens is 1. The first-order valence-corrected chi connectivity index (χ1v) is 5.43. The summed E-state index contributed by atoms with van der Waals surface area (Å²) in [5.74, 6) is -0.514. The molecule has 1 aromatic heterocycles. The van der Waals surface area contributed by atoms with Gasteiger partial charge < -0.3 is 15.2 Å². The standard InChI is InChI=1S/C9H14N2O2S/c1-9(2)12-5-6(13-9)7(10)8-11-3-4-14-8/h3-4,6-7H,5,10H2,1-2H3. The quantitative estimate of drug-likeness (QED) is 0.806. The van der Waals surface area contributed by atoms with Crippen molar-refractivity contribution in [3.63, 3.8) is 0 Å². The van der Waals surface area contributed by atoms with Crippen molar-refractivity contribution in [1.29, 1.82) is 0 Å². The summed E-state index contributed by atoms with van der Waals surface area (Å²) in [6.07, 6.45) is 1.66. The summed E-state index contributed by atoms with van der Waals surface area (Å²) in [6.45, 7) is 4.32. The maximum atomic E-state index is 6.01. The Morgan fingerprint density at radius 3 is 3.00 bits per heavy atom. The number of nitrogens with two attached hydrogens (primary N) is 1. The van der Waals surface area contributed by atoms with Crippen molar-refractivity contribution >= 4 is 11.3 Å². The first kappa shape index (κ1) is 10.0. The molecule has 2 rings (SSSR count). The average molecular weight is 214 g/mol. The van der Waals surface area contributed by atoms with Crippen molar-refractivity contribution in [3.8, 4) is 0 Å². The molecule has 0 spiro atoms. The zero-order valence-electron chi connectivity index (χ0n) is 8.27. The summed E-state index contributed by atoms with van der Waals surface area (Å²) < 4.78 is 11.1. The molecule has 1 aromatic rings. The summed E-state index contributed by atoms with van der Waals surface area (Å²) in [6, 6.07) is -0.184. The molecule has 0 aromatic carbocycles. The molecule has 0 aliphatic carbocycles. The van der Waals surface area contributed by atoms with Gasteiger partial charge in [-0.25, -0.2) is 4.98 Å². The first-order valence-electron chi connectivity index (χ1n) is 4.55. The molecular formula is C9H14N2O2S. The van der Waals surface area contributed by atoms with Crippen LogP contribution in [0.1, 0.15) is 24.9 Å². The smallest absolute Gasteiger partial charge is 0.163 e. The van der Waals surface area contributed by atoms with Gasteiger partial charge in [0.15, 0.2) is 5.79 Å². The Morgan fingerprint density at radius 2 is 2.50 bits per heavy atom. The molecule has 1 saturated heterocycles. The zero-order chi connectivity index (χ0) is 10.2. The van der Waals surface area contributed by atoms with Crippen LogP contribution in [0, 0.1) is 0 Å². The monoisotopic (exact) mass is 214 g/mol. The summed E-state index contributed by atoms with van der Waals surface area (Å²) >= 11 is 1.55. The molecule has 2 N–H and O–H groups in total. The molecule has 2 unspecified atom stereocenters. The Morgan fingerprint density at radius 1 is 1.71 bits per heavy atom. The highest BCUT2D eigenvalue weighted by Gasteiger charge is 2.37.